The highest BCUT2D eigenvalue weighted by Gasteiger charge is 2.13. The van der Waals surface area contributed by atoms with Gasteiger partial charge in [0, 0.05) is 5.39 Å². The lowest BCUT2D eigenvalue weighted by Crippen LogP contribution is -1.92. The third-order valence-corrected chi connectivity index (χ3v) is 3.89. The molecule has 2 aromatic carbocycles. The molecule has 0 N–H and O–H groups in total. The SMILES string of the molecule is CCOc1cccc2cc(C(=O)/C=C/c3ccc(OC)c(OC)c3)oc12. The molecule has 0 bridgehead atoms. The van der Waals surface area contributed by atoms with E-state index in [1.54, 1.807) is 38.5 Å². The molecule has 0 aliphatic carbocycles. The first kappa shape index (κ1) is 17.6. The third kappa shape index (κ3) is 3.57. The normalized spacial score (nSPS) is 11.0. The number of benzene rings is 2. The van der Waals surface area contributed by atoms with Crippen molar-refractivity contribution >= 4 is 22.8 Å². The Bertz CT molecular complexity index is 952. The van der Waals surface area contributed by atoms with Crippen LogP contribution in [0.25, 0.3) is 17.0 Å². The minimum Gasteiger partial charge on any atom is -0.493 e. The summed E-state index contributed by atoms with van der Waals surface area (Å²) in [4.78, 5) is 12.5. The van der Waals surface area contributed by atoms with Gasteiger partial charge in [-0.2, -0.15) is 0 Å². The lowest BCUT2D eigenvalue weighted by molar-refractivity contribution is 0.102. The van der Waals surface area contributed by atoms with E-state index >= 15 is 0 Å². The van der Waals surface area contributed by atoms with Gasteiger partial charge in [0.05, 0.1) is 20.8 Å². The Labute approximate surface area is 151 Å². The molecule has 0 fully saturated rings. The highest BCUT2D eigenvalue weighted by Crippen LogP contribution is 2.30. The molecule has 1 heterocycles. The molecule has 0 atom stereocenters. The van der Waals surface area contributed by atoms with Gasteiger partial charge < -0.3 is 18.6 Å². The second-order valence-electron chi connectivity index (χ2n) is 5.53. The number of hydrogen-bond donors (Lipinski definition) is 0. The van der Waals surface area contributed by atoms with Gasteiger partial charge in [-0.1, -0.05) is 24.3 Å². The van der Waals surface area contributed by atoms with Gasteiger partial charge in [0.1, 0.15) is 0 Å². The zero-order valence-corrected chi connectivity index (χ0v) is 14.9. The predicted octanol–water partition coefficient (Wildman–Crippen LogP) is 4.74. The van der Waals surface area contributed by atoms with Crippen LogP contribution >= 0.6 is 0 Å². The predicted molar refractivity (Wildman–Crippen MR) is 100 cm³/mol. The van der Waals surface area contributed by atoms with Crippen LogP contribution in [-0.2, 0) is 0 Å². The lowest BCUT2D eigenvalue weighted by Gasteiger charge is -2.07. The topological polar surface area (TPSA) is 57.9 Å². The maximum absolute atomic E-state index is 12.5. The number of allylic oxidation sites excluding steroid dienone is 1. The fraction of sp³-hybridized carbons (Fsp3) is 0.190. The van der Waals surface area contributed by atoms with E-state index in [2.05, 4.69) is 0 Å². The van der Waals surface area contributed by atoms with Gasteiger partial charge in [0.2, 0.25) is 5.78 Å². The number of ether oxygens (including phenoxy) is 3. The van der Waals surface area contributed by atoms with Gasteiger partial charge in [0.15, 0.2) is 28.6 Å². The lowest BCUT2D eigenvalue weighted by atomic mass is 10.1. The number of rotatable bonds is 7. The average Bonchev–Trinajstić information content (AvgIpc) is 3.11. The van der Waals surface area contributed by atoms with E-state index in [1.807, 2.05) is 31.2 Å². The van der Waals surface area contributed by atoms with Crippen LogP contribution in [0.15, 0.2) is 53.0 Å². The molecule has 0 amide bonds. The molecule has 5 nitrogen and oxygen atoms in total. The molecule has 0 aliphatic rings. The van der Waals surface area contributed by atoms with Gasteiger partial charge in [-0.05, 0) is 42.8 Å². The van der Waals surface area contributed by atoms with E-state index in [-0.39, 0.29) is 11.5 Å². The second kappa shape index (κ2) is 7.78. The van der Waals surface area contributed by atoms with Gasteiger partial charge in [0.25, 0.3) is 0 Å². The fourth-order valence-electron chi connectivity index (χ4n) is 2.64. The fourth-order valence-corrected chi connectivity index (χ4v) is 2.64. The molecular formula is C21H20O5. The van der Waals surface area contributed by atoms with Crippen LogP contribution in [0, 0.1) is 0 Å². The Kier molecular flexibility index (Phi) is 5.27. The number of furan rings is 1. The van der Waals surface area contributed by atoms with Crippen molar-refractivity contribution in [2.75, 3.05) is 20.8 Å². The summed E-state index contributed by atoms with van der Waals surface area (Å²) in [5.74, 6) is 1.92. The second-order valence-corrected chi connectivity index (χ2v) is 5.53. The van der Waals surface area contributed by atoms with Crippen molar-refractivity contribution in [1.29, 1.82) is 0 Å². The van der Waals surface area contributed by atoms with E-state index in [1.165, 1.54) is 6.08 Å². The van der Waals surface area contributed by atoms with Crippen LogP contribution in [0.4, 0.5) is 0 Å². The van der Waals surface area contributed by atoms with Crippen molar-refractivity contribution in [2.24, 2.45) is 0 Å². The highest BCUT2D eigenvalue weighted by atomic mass is 16.5. The number of carbonyl (C=O) groups excluding carboxylic acids is 1. The number of hydrogen-bond acceptors (Lipinski definition) is 5. The standard InChI is InChI=1S/C21H20O5/c1-4-25-18-7-5-6-15-13-19(26-21(15)18)16(22)10-8-14-9-11-17(23-2)20(12-14)24-3/h5-13H,4H2,1-3H3/b10-8+. The summed E-state index contributed by atoms with van der Waals surface area (Å²) in [7, 11) is 3.15. The van der Waals surface area contributed by atoms with Crippen LogP contribution in [0.3, 0.4) is 0 Å². The van der Waals surface area contributed by atoms with Crippen LogP contribution < -0.4 is 14.2 Å². The largest absolute Gasteiger partial charge is 0.493 e. The van der Waals surface area contributed by atoms with Crippen molar-refractivity contribution in [1.82, 2.24) is 0 Å². The van der Waals surface area contributed by atoms with E-state index in [9.17, 15) is 4.79 Å². The monoisotopic (exact) mass is 352 g/mol. The summed E-state index contributed by atoms with van der Waals surface area (Å²) in [6.45, 7) is 2.43. The molecule has 3 rings (SSSR count). The minimum atomic E-state index is -0.224. The van der Waals surface area contributed by atoms with Crippen molar-refractivity contribution in [2.45, 2.75) is 6.92 Å². The Morgan fingerprint density at radius 1 is 1.04 bits per heavy atom. The van der Waals surface area contributed by atoms with E-state index in [0.717, 1.165) is 10.9 Å². The van der Waals surface area contributed by atoms with Crippen LogP contribution in [0.1, 0.15) is 23.0 Å². The molecule has 0 spiro atoms. The maximum atomic E-state index is 12.5. The summed E-state index contributed by atoms with van der Waals surface area (Å²) in [6, 6.07) is 12.7. The van der Waals surface area contributed by atoms with Crippen molar-refractivity contribution < 1.29 is 23.4 Å². The molecular weight excluding hydrogens is 332 g/mol. The van der Waals surface area contributed by atoms with Crippen LogP contribution in [0.5, 0.6) is 17.2 Å². The number of carbonyl (C=O) groups is 1. The first-order chi connectivity index (χ1) is 12.7. The highest BCUT2D eigenvalue weighted by molar-refractivity contribution is 6.07. The van der Waals surface area contributed by atoms with Gasteiger partial charge >= 0.3 is 0 Å². The average molecular weight is 352 g/mol. The van der Waals surface area contributed by atoms with E-state index in [0.29, 0.717) is 29.4 Å². The van der Waals surface area contributed by atoms with Crippen LogP contribution in [-0.4, -0.2) is 26.6 Å². The number of methoxy groups -OCH3 is 2. The van der Waals surface area contributed by atoms with Gasteiger partial charge in [-0.3, -0.25) is 4.79 Å². The maximum Gasteiger partial charge on any atom is 0.221 e. The quantitative estimate of drug-likeness (QED) is 0.454. The molecule has 26 heavy (non-hydrogen) atoms. The molecule has 0 radical (unpaired) electrons. The molecule has 134 valence electrons. The van der Waals surface area contributed by atoms with Gasteiger partial charge in [-0.25, -0.2) is 0 Å². The first-order valence-corrected chi connectivity index (χ1v) is 8.26. The van der Waals surface area contributed by atoms with E-state index < -0.39 is 0 Å². The molecule has 5 heteroatoms. The third-order valence-electron chi connectivity index (χ3n) is 3.89. The number of ketones is 1. The van der Waals surface area contributed by atoms with Crippen molar-refractivity contribution in [3.8, 4) is 17.2 Å². The molecule has 0 saturated heterocycles. The summed E-state index contributed by atoms with van der Waals surface area (Å²) in [5.41, 5.74) is 1.40. The summed E-state index contributed by atoms with van der Waals surface area (Å²) in [5, 5.41) is 0.832. The van der Waals surface area contributed by atoms with Crippen molar-refractivity contribution in [3.05, 3.63) is 59.9 Å². The zero-order valence-electron chi connectivity index (χ0n) is 14.9. The Hall–Kier alpha value is -3.21. The Morgan fingerprint density at radius 3 is 2.58 bits per heavy atom. The van der Waals surface area contributed by atoms with E-state index in [4.69, 9.17) is 18.6 Å². The summed E-state index contributed by atoms with van der Waals surface area (Å²) in [6.07, 6.45) is 3.18. The summed E-state index contributed by atoms with van der Waals surface area (Å²) >= 11 is 0. The molecule has 3 aromatic rings. The number of para-hydroxylation sites is 1. The number of fused-ring (bicyclic) bond motifs is 1. The Balaban J connectivity index is 1.85. The Morgan fingerprint density at radius 2 is 1.85 bits per heavy atom. The molecule has 0 saturated carbocycles. The summed E-state index contributed by atoms with van der Waals surface area (Å²) < 4.78 is 21.7. The van der Waals surface area contributed by atoms with Crippen molar-refractivity contribution in [3.63, 3.8) is 0 Å². The smallest absolute Gasteiger partial charge is 0.221 e. The first-order valence-electron chi connectivity index (χ1n) is 8.26. The minimum absolute atomic E-state index is 0.224. The molecule has 0 aliphatic heterocycles. The molecule has 1 aromatic heterocycles. The van der Waals surface area contributed by atoms with Crippen LogP contribution in [0.2, 0.25) is 0 Å². The van der Waals surface area contributed by atoms with Gasteiger partial charge in [-0.15, -0.1) is 0 Å². The molecule has 0 unspecified atom stereocenters. The zero-order chi connectivity index (χ0) is 18.5.